The van der Waals surface area contributed by atoms with E-state index in [0.29, 0.717) is 5.56 Å². The minimum absolute atomic E-state index is 0.0126. The number of aliphatic carboxylic acids is 1. The summed E-state index contributed by atoms with van der Waals surface area (Å²) in [4.78, 5) is 36.1. The smallest absolute Gasteiger partial charge is 0.305 e. The summed E-state index contributed by atoms with van der Waals surface area (Å²) in [5, 5.41) is 11.1. The van der Waals surface area contributed by atoms with E-state index in [9.17, 15) is 18.8 Å². The maximum absolute atomic E-state index is 13.0. The molecule has 1 saturated heterocycles. The summed E-state index contributed by atoms with van der Waals surface area (Å²) in [5.74, 6) is -2.55. The standard InChI is InChI=1S/C15H17FN2O4/c1-18-12(19)8-11(15(22)17-7-6-13(20)21)14(18)9-2-4-10(16)5-3-9/h2-5,11,14H,6-8H2,1H3,(H,17,22)(H,20,21). The Labute approximate surface area is 126 Å². The molecule has 7 heteroatoms. The van der Waals surface area contributed by atoms with Crippen LogP contribution in [0.3, 0.4) is 0 Å². The lowest BCUT2D eigenvalue weighted by molar-refractivity contribution is -0.137. The fourth-order valence-electron chi connectivity index (χ4n) is 2.64. The van der Waals surface area contributed by atoms with E-state index in [2.05, 4.69) is 5.32 Å². The number of rotatable bonds is 5. The van der Waals surface area contributed by atoms with Crippen LogP contribution >= 0.6 is 0 Å². The van der Waals surface area contributed by atoms with E-state index < -0.39 is 23.7 Å². The Morgan fingerprint density at radius 2 is 2.00 bits per heavy atom. The van der Waals surface area contributed by atoms with Crippen LogP contribution in [0.25, 0.3) is 0 Å². The number of carbonyl (C=O) groups is 3. The van der Waals surface area contributed by atoms with Gasteiger partial charge < -0.3 is 15.3 Å². The van der Waals surface area contributed by atoms with Crippen LogP contribution < -0.4 is 5.32 Å². The van der Waals surface area contributed by atoms with Gasteiger partial charge in [0.1, 0.15) is 5.82 Å². The molecule has 0 bridgehead atoms. The first-order chi connectivity index (χ1) is 10.4. The molecule has 1 aliphatic heterocycles. The summed E-state index contributed by atoms with van der Waals surface area (Å²) in [7, 11) is 1.60. The summed E-state index contributed by atoms with van der Waals surface area (Å²) >= 11 is 0. The first kappa shape index (κ1) is 15.9. The van der Waals surface area contributed by atoms with Gasteiger partial charge in [-0.2, -0.15) is 0 Å². The first-order valence-electron chi connectivity index (χ1n) is 6.90. The number of carboxylic acid groups (broad SMARTS) is 1. The van der Waals surface area contributed by atoms with Crippen molar-refractivity contribution in [2.45, 2.75) is 18.9 Å². The van der Waals surface area contributed by atoms with Gasteiger partial charge in [-0.25, -0.2) is 4.39 Å². The summed E-state index contributed by atoms with van der Waals surface area (Å²) in [6.45, 7) is 0.0126. The number of likely N-dealkylation sites (tertiary alicyclic amines) is 1. The second-order valence-electron chi connectivity index (χ2n) is 5.25. The fraction of sp³-hybridized carbons (Fsp3) is 0.400. The van der Waals surface area contributed by atoms with E-state index in [0.717, 1.165) is 0 Å². The molecule has 0 radical (unpaired) electrons. The average Bonchev–Trinajstić information content (AvgIpc) is 2.76. The van der Waals surface area contributed by atoms with Crippen LogP contribution in [0.2, 0.25) is 0 Å². The molecule has 2 rings (SSSR count). The highest BCUT2D eigenvalue weighted by Crippen LogP contribution is 2.37. The molecule has 1 fully saturated rings. The molecule has 2 amide bonds. The Morgan fingerprint density at radius 1 is 1.36 bits per heavy atom. The molecule has 2 N–H and O–H groups in total. The molecule has 2 unspecified atom stereocenters. The first-order valence-corrected chi connectivity index (χ1v) is 6.90. The zero-order chi connectivity index (χ0) is 16.3. The van der Waals surface area contributed by atoms with Crippen LogP contribution in [0, 0.1) is 11.7 Å². The molecule has 6 nitrogen and oxygen atoms in total. The predicted molar refractivity (Wildman–Crippen MR) is 75.3 cm³/mol. The van der Waals surface area contributed by atoms with Crippen LogP contribution in [0.15, 0.2) is 24.3 Å². The molecule has 1 aliphatic rings. The highest BCUT2D eigenvalue weighted by Gasteiger charge is 2.42. The largest absolute Gasteiger partial charge is 0.481 e. The fourth-order valence-corrected chi connectivity index (χ4v) is 2.64. The third-order valence-electron chi connectivity index (χ3n) is 3.77. The molecule has 0 aromatic heterocycles. The van der Waals surface area contributed by atoms with Crippen LogP contribution in [-0.2, 0) is 14.4 Å². The zero-order valence-corrected chi connectivity index (χ0v) is 12.1. The Morgan fingerprint density at radius 3 is 2.59 bits per heavy atom. The normalized spacial score (nSPS) is 21.0. The maximum Gasteiger partial charge on any atom is 0.305 e. The number of nitrogens with one attached hydrogen (secondary N) is 1. The van der Waals surface area contributed by atoms with E-state index in [1.54, 1.807) is 19.2 Å². The molecule has 0 spiro atoms. The van der Waals surface area contributed by atoms with Crippen molar-refractivity contribution < 1.29 is 23.9 Å². The SMILES string of the molecule is CN1C(=O)CC(C(=O)NCCC(=O)O)C1c1ccc(F)cc1. The second-order valence-corrected chi connectivity index (χ2v) is 5.25. The van der Waals surface area contributed by atoms with Gasteiger partial charge in [-0.15, -0.1) is 0 Å². The topological polar surface area (TPSA) is 86.7 Å². The van der Waals surface area contributed by atoms with Crippen molar-refractivity contribution in [1.82, 2.24) is 10.2 Å². The van der Waals surface area contributed by atoms with Crippen LogP contribution in [0.1, 0.15) is 24.4 Å². The highest BCUT2D eigenvalue weighted by molar-refractivity contribution is 5.90. The molecule has 1 heterocycles. The number of carbonyl (C=O) groups excluding carboxylic acids is 2. The van der Waals surface area contributed by atoms with Gasteiger partial charge in [-0.05, 0) is 17.7 Å². The summed E-state index contributed by atoms with van der Waals surface area (Å²) in [5.41, 5.74) is 0.674. The van der Waals surface area contributed by atoms with Crippen LogP contribution in [0.5, 0.6) is 0 Å². The highest BCUT2D eigenvalue weighted by atomic mass is 19.1. The minimum atomic E-state index is -1.00. The Bertz CT molecular complexity index is 588. The monoisotopic (exact) mass is 308 g/mol. The number of benzene rings is 1. The molecule has 1 aromatic rings. The van der Waals surface area contributed by atoms with Crippen molar-refractivity contribution in [3.05, 3.63) is 35.6 Å². The summed E-state index contributed by atoms with van der Waals surface area (Å²) < 4.78 is 13.0. The van der Waals surface area contributed by atoms with Crippen molar-refractivity contribution in [3.63, 3.8) is 0 Å². The summed E-state index contributed by atoms with van der Waals surface area (Å²) in [6, 6.07) is 5.19. The maximum atomic E-state index is 13.0. The lowest BCUT2D eigenvalue weighted by atomic mass is 9.93. The molecule has 0 saturated carbocycles. The molecular formula is C15H17FN2O4. The number of carboxylic acids is 1. The van der Waals surface area contributed by atoms with Crippen LogP contribution in [-0.4, -0.2) is 41.4 Å². The Balaban J connectivity index is 2.14. The average molecular weight is 308 g/mol. The van der Waals surface area contributed by atoms with Gasteiger partial charge in [0.2, 0.25) is 11.8 Å². The van der Waals surface area contributed by atoms with Crippen molar-refractivity contribution in [2.75, 3.05) is 13.6 Å². The molecule has 1 aromatic carbocycles. The van der Waals surface area contributed by atoms with Crippen molar-refractivity contribution in [2.24, 2.45) is 5.92 Å². The Kier molecular flexibility index (Phi) is 4.75. The van der Waals surface area contributed by atoms with Crippen molar-refractivity contribution in [1.29, 1.82) is 0 Å². The van der Waals surface area contributed by atoms with Gasteiger partial charge in [0.15, 0.2) is 0 Å². The van der Waals surface area contributed by atoms with Gasteiger partial charge >= 0.3 is 5.97 Å². The number of hydrogen-bond donors (Lipinski definition) is 2. The van der Waals surface area contributed by atoms with E-state index in [1.165, 1.54) is 17.0 Å². The molecule has 22 heavy (non-hydrogen) atoms. The number of nitrogens with zero attached hydrogens (tertiary/aromatic N) is 1. The van der Waals surface area contributed by atoms with Gasteiger partial charge in [0.25, 0.3) is 0 Å². The minimum Gasteiger partial charge on any atom is -0.481 e. The van der Waals surface area contributed by atoms with E-state index >= 15 is 0 Å². The van der Waals surface area contributed by atoms with Crippen LogP contribution in [0.4, 0.5) is 4.39 Å². The molecule has 2 atom stereocenters. The van der Waals surface area contributed by atoms with Gasteiger partial charge in [-0.3, -0.25) is 14.4 Å². The lowest BCUT2D eigenvalue weighted by Gasteiger charge is -2.24. The van der Waals surface area contributed by atoms with E-state index in [-0.39, 0.29) is 31.2 Å². The summed E-state index contributed by atoms with van der Waals surface area (Å²) in [6.07, 6.45) is -0.124. The van der Waals surface area contributed by atoms with Gasteiger partial charge in [0.05, 0.1) is 18.4 Å². The third-order valence-corrected chi connectivity index (χ3v) is 3.77. The predicted octanol–water partition coefficient (Wildman–Crippen LogP) is 0.936. The van der Waals surface area contributed by atoms with Crippen molar-refractivity contribution in [3.8, 4) is 0 Å². The zero-order valence-electron chi connectivity index (χ0n) is 12.1. The molecule has 118 valence electrons. The third kappa shape index (κ3) is 3.41. The molecule has 0 aliphatic carbocycles. The van der Waals surface area contributed by atoms with E-state index in [4.69, 9.17) is 5.11 Å². The Hall–Kier alpha value is -2.44. The number of halogens is 1. The number of hydrogen-bond acceptors (Lipinski definition) is 3. The lowest BCUT2D eigenvalue weighted by Crippen LogP contribution is -2.35. The van der Waals surface area contributed by atoms with Crippen molar-refractivity contribution >= 4 is 17.8 Å². The van der Waals surface area contributed by atoms with Gasteiger partial charge in [-0.1, -0.05) is 12.1 Å². The second kappa shape index (κ2) is 6.55. The van der Waals surface area contributed by atoms with E-state index in [1.807, 2.05) is 0 Å². The molecular weight excluding hydrogens is 291 g/mol. The number of amides is 2. The quantitative estimate of drug-likeness (QED) is 0.847. The van der Waals surface area contributed by atoms with Gasteiger partial charge in [0, 0.05) is 20.0 Å².